The van der Waals surface area contributed by atoms with Crippen molar-refractivity contribution < 1.29 is 14.5 Å². The van der Waals surface area contributed by atoms with Crippen LogP contribution in [0.1, 0.15) is 13.8 Å². The highest BCUT2D eigenvalue weighted by molar-refractivity contribution is 5.82. The first-order valence-electron chi connectivity index (χ1n) is 6.10. The average Bonchev–Trinajstić information content (AvgIpc) is 2.43. The lowest BCUT2D eigenvalue weighted by molar-refractivity contribution is -0.384. The van der Waals surface area contributed by atoms with E-state index in [9.17, 15) is 14.9 Å². The first-order valence-corrected chi connectivity index (χ1v) is 6.10. The highest BCUT2D eigenvalue weighted by Gasteiger charge is 2.27. The number of ether oxygens (including phenoxy) is 1. The molecule has 0 saturated carbocycles. The first-order chi connectivity index (χ1) is 9.31. The Balaban J connectivity index is 2.93. The molecule has 0 unspecified atom stereocenters. The number of benzene rings is 1. The first kappa shape index (κ1) is 15.7. The Hall–Kier alpha value is -2.31. The van der Waals surface area contributed by atoms with Crippen molar-refractivity contribution in [1.82, 2.24) is 5.32 Å². The molecule has 1 aromatic carbocycles. The summed E-state index contributed by atoms with van der Waals surface area (Å²) in [4.78, 5) is 22.2. The van der Waals surface area contributed by atoms with E-state index in [1.807, 2.05) is 0 Å². The normalized spacial score (nSPS) is 10.8. The minimum atomic E-state index is -0.678. The maximum absolute atomic E-state index is 11.7. The Morgan fingerprint density at radius 1 is 1.45 bits per heavy atom. The van der Waals surface area contributed by atoms with Gasteiger partial charge in [0.05, 0.1) is 23.5 Å². The summed E-state index contributed by atoms with van der Waals surface area (Å²) >= 11 is 0. The van der Waals surface area contributed by atoms with Crippen LogP contribution in [-0.2, 0) is 4.79 Å². The number of nitrogens with zero attached hydrogens (tertiary/aromatic N) is 1. The fourth-order valence-corrected chi connectivity index (χ4v) is 1.67. The number of carbonyl (C=O) groups excluding carboxylic acids is 1. The van der Waals surface area contributed by atoms with Crippen LogP contribution in [0.3, 0.4) is 0 Å². The molecule has 110 valence electrons. The van der Waals surface area contributed by atoms with Crippen LogP contribution >= 0.6 is 0 Å². The van der Waals surface area contributed by atoms with Gasteiger partial charge in [0.2, 0.25) is 5.91 Å². The molecule has 0 aliphatic carbocycles. The molecule has 20 heavy (non-hydrogen) atoms. The highest BCUT2D eigenvalue weighted by atomic mass is 16.6. The van der Waals surface area contributed by atoms with Gasteiger partial charge in [0.1, 0.15) is 11.4 Å². The second kappa shape index (κ2) is 6.23. The van der Waals surface area contributed by atoms with Crippen LogP contribution in [0.2, 0.25) is 0 Å². The zero-order chi connectivity index (χ0) is 15.3. The van der Waals surface area contributed by atoms with Gasteiger partial charge in [0.25, 0.3) is 5.69 Å². The molecule has 0 heterocycles. The molecule has 7 nitrogen and oxygen atoms in total. The predicted octanol–water partition coefficient (Wildman–Crippen LogP) is 1.79. The summed E-state index contributed by atoms with van der Waals surface area (Å²) in [6.07, 6.45) is 0. The molecule has 2 N–H and O–H groups in total. The predicted molar refractivity (Wildman–Crippen MR) is 76.0 cm³/mol. The summed E-state index contributed by atoms with van der Waals surface area (Å²) in [5.41, 5.74) is -0.410. The van der Waals surface area contributed by atoms with Crippen molar-refractivity contribution in [2.45, 2.75) is 13.8 Å². The standard InChI is InChI=1S/C13H19N3O4/c1-13(2,12(17)14-3)8-15-10-6-5-9(20-4)7-11(10)16(18)19/h5-7,15H,8H2,1-4H3,(H,14,17). The molecule has 0 radical (unpaired) electrons. The van der Waals surface area contributed by atoms with E-state index >= 15 is 0 Å². The minimum absolute atomic E-state index is 0.0861. The smallest absolute Gasteiger partial charge is 0.296 e. The Morgan fingerprint density at radius 3 is 2.60 bits per heavy atom. The van der Waals surface area contributed by atoms with E-state index in [1.165, 1.54) is 13.2 Å². The molecule has 1 rings (SSSR count). The molecule has 1 aromatic rings. The Bertz CT molecular complexity index is 514. The number of nitro groups is 1. The van der Waals surface area contributed by atoms with Crippen LogP contribution in [0.5, 0.6) is 5.75 Å². The summed E-state index contributed by atoms with van der Waals surface area (Å²) in [5, 5.41) is 16.5. The number of amides is 1. The molecule has 7 heteroatoms. The summed E-state index contributed by atoms with van der Waals surface area (Å²) in [5.74, 6) is 0.272. The highest BCUT2D eigenvalue weighted by Crippen LogP contribution is 2.30. The molecule has 0 spiro atoms. The van der Waals surface area contributed by atoms with E-state index in [4.69, 9.17) is 4.74 Å². The third kappa shape index (κ3) is 3.59. The number of hydrogen-bond acceptors (Lipinski definition) is 5. The maximum Gasteiger partial charge on any atom is 0.296 e. The zero-order valence-corrected chi connectivity index (χ0v) is 12.0. The SMILES string of the molecule is CNC(=O)C(C)(C)CNc1ccc(OC)cc1[N+](=O)[O-]. The molecule has 0 atom stereocenters. The fourth-order valence-electron chi connectivity index (χ4n) is 1.67. The monoisotopic (exact) mass is 281 g/mol. The van der Waals surface area contributed by atoms with Gasteiger partial charge in [-0.15, -0.1) is 0 Å². The fraction of sp³-hybridized carbons (Fsp3) is 0.462. The molecular weight excluding hydrogens is 262 g/mol. The number of hydrogen-bond donors (Lipinski definition) is 2. The third-order valence-electron chi connectivity index (χ3n) is 2.96. The van der Waals surface area contributed by atoms with E-state index in [0.717, 1.165) is 0 Å². The van der Waals surface area contributed by atoms with Gasteiger partial charge >= 0.3 is 0 Å². The van der Waals surface area contributed by atoms with Crippen molar-refractivity contribution in [3.63, 3.8) is 0 Å². The molecule has 0 bridgehead atoms. The van der Waals surface area contributed by atoms with Crippen molar-refractivity contribution in [2.24, 2.45) is 5.41 Å². The number of nitrogens with one attached hydrogen (secondary N) is 2. The van der Waals surface area contributed by atoms with Crippen LogP contribution in [-0.4, -0.2) is 31.5 Å². The van der Waals surface area contributed by atoms with Gasteiger partial charge in [-0.1, -0.05) is 0 Å². The van der Waals surface area contributed by atoms with Crippen LogP contribution in [0.15, 0.2) is 18.2 Å². The number of carbonyl (C=O) groups is 1. The van der Waals surface area contributed by atoms with Crippen LogP contribution in [0.4, 0.5) is 11.4 Å². The average molecular weight is 281 g/mol. The molecular formula is C13H19N3O4. The minimum Gasteiger partial charge on any atom is -0.496 e. The summed E-state index contributed by atoms with van der Waals surface area (Å²) in [6.45, 7) is 3.79. The van der Waals surface area contributed by atoms with Crippen molar-refractivity contribution in [2.75, 3.05) is 26.0 Å². The molecule has 0 saturated heterocycles. The molecule has 0 aliphatic rings. The second-order valence-electron chi connectivity index (χ2n) is 4.96. The molecule has 0 aromatic heterocycles. The summed E-state index contributed by atoms with van der Waals surface area (Å²) in [7, 11) is 3.00. The van der Waals surface area contributed by atoms with Crippen LogP contribution < -0.4 is 15.4 Å². The van der Waals surface area contributed by atoms with Gasteiger partial charge in [0, 0.05) is 13.6 Å². The molecule has 1 amide bonds. The second-order valence-corrected chi connectivity index (χ2v) is 4.96. The Labute approximate surface area is 117 Å². The molecule has 0 aliphatic heterocycles. The van der Waals surface area contributed by atoms with Crippen molar-refractivity contribution in [1.29, 1.82) is 0 Å². The maximum atomic E-state index is 11.7. The van der Waals surface area contributed by atoms with Crippen molar-refractivity contribution >= 4 is 17.3 Å². The Morgan fingerprint density at radius 2 is 2.10 bits per heavy atom. The lowest BCUT2D eigenvalue weighted by atomic mass is 9.92. The van der Waals surface area contributed by atoms with Crippen molar-refractivity contribution in [3.8, 4) is 5.75 Å². The lowest BCUT2D eigenvalue weighted by Crippen LogP contribution is -2.39. The summed E-state index contributed by atoms with van der Waals surface area (Å²) < 4.78 is 4.96. The lowest BCUT2D eigenvalue weighted by Gasteiger charge is -2.23. The van der Waals surface area contributed by atoms with Gasteiger partial charge in [-0.3, -0.25) is 14.9 Å². The number of nitro benzene ring substituents is 1. The van der Waals surface area contributed by atoms with Gasteiger partial charge in [-0.05, 0) is 26.0 Å². The largest absolute Gasteiger partial charge is 0.496 e. The van der Waals surface area contributed by atoms with Gasteiger partial charge in [-0.2, -0.15) is 0 Å². The third-order valence-corrected chi connectivity index (χ3v) is 2.96. The van der Waals surface area contributed by atoms with Gasteiger partial charge in [-0.25, -0.2) is 0 Å². The van der Waals surface area contributed by atoms with E-state index in [1.54, 1.807) is 33.0 Å². The van der Waals surface area contributed by atoms with Gasteiger partial charge < -0.3 is 15.4 Å². The number of rotatable bonds is 6. The quantitative estimate of drug-likeness (QED) is 0.612. The topological polar surface area (TPSA) is 93.5 Å². The van der Waals surface area contributed by atoms with Crippen LogP contribution in [0, 0.1) is 15.5 Å². The number of methoxy groups -OCH3 is 1. The zero-order valence-electron chi connectivity index (χ0n) is 12.0. The van der Waals surface area contributed by atoms with E-state index in [2.05, 4.69) is 10.6 Å². The van der Waals surface area contributed by atoms with Crippen LogP contribution in [0.25, 0.3) is 0 Å². The van der Waals surface area contributed by atoms with Crippen molar-refractivity contribution in [3.05, 3.63) is 28.3 Å². The number of anilines is 1. The Kier molecular flexibility index (Phi) is 4.90. The van der Waals surface area contributed by atoms with E-state index < -0.39 is 10.3 Å². The van der Waals surface area contributed by atoms with E-state index in [-0.39, 0.29) is 18.1 Å². The van der Waals surface area contributed by atoms with E-state index in [0.29, 0.717) is 11.4 Å². The molecule has 0 fully saturated rings. The summed E-state index contributed by atoms with van der Waals surface area (Å²) in [6, 6.07) is 4.54. The van der Waals surface area contributed by atoms with Gasteiger partial charge in [0.15, 0.2) is 0 Å².